The van der Waals surface area contributed by atoms with E-state index in [9.17, 15) is 18.0 Å². The van der Waals surface area contributed by atoms with Gasteiger partial charge in [-0.2, -0.15) is 13.2 Å². The Morgan fingerprint density at radius 3 is 2.77 bits per heavy atom. The molecule has 1 aliphatic rings. The number of nitrogens with one attached hydrogen (secondary N) is 1. The molecule has 1 aromatic rings. The highest BCUT2D eigenvalue weighted by Crippen LogP contribution is 2.35. The number of aliphatic hydroxyl groups excluding tert-OH is 1. The number of hydrogen-bond donors (Lipinski definition) is 2. The van der Waals surface area contributed by atoms with Crippen LogP contribution in [0.2, 0.25) is 0 Å². The van der Waals surface area contributed by atoms with Gasteiger partial charge in [0.25, 0.3) is 0 Å². The standard InChI is InChI=1S/C14H18F3N3O2/c1-8-19-11-4-3-9(13(22)18-5-2-6-21)7-10(11)12(20-8)14(15,16)17/h9,21H,2-7H2,1H3,(H,18,22). The van der Waals surface area contributed by atoms with Crippen LogP contribution in [0, 0.1) is 12.8 Å². The van der Waals surface area contributed by atoms with Crippen LogP contribution in [-0.4, -0.2) is 34.1 Å². The summed E-state index contributed by atoms with van der Waals surface area (Å²) in [6, 6.07) is 0. The Morgan fingerprint density at radius 2 is 2.14 bits per heavy atom. The lowest BCUT2D eigenvalue weighted by Gasteiger charge is -2.25. The van der Waals surface area contributed by atoms with Gasteiger partial charge in [0.15, 0.2) is 5.69 Å². The first-order chi connectivity index (χ1) is 10.3. The highest BCUT2D eigenvalue weighted by atomic mass is 19.4. The molecule has 0 fully saturated rings. The predicted octanol–water partition coefficient (Wildman–Crippen LogP) is 1.41. The summed E-state index contributed by atoms with van der Waals surface area (Å²) in [6.45, 7) is 1.71. The Labute approximate surface area is 126 Å². The first-order valence-electron chi connectivity index (χ1n) is 7.15. The number of rotatable bonds is 4. The normalized spacial score (nSPS) is 18.0. The number of aromatic nitrogens is 2. The van der Waals surface area contributed by atoms with Crippen LogP contribution in [-0.2, 0) is 23.8 Å². The Kier molecular flexibility index (Phi) is 5.00. The van der Waals surface area contributed by atoms with Gasteiger partial charge in [0.2, 0.25) is 5.91 Å². The molecule has 0 spiro atoms. The second-order valence-corrected chi connectivity index (χ2v) is 5.35. The minimum atomic E-state index is -4.55. The number of hydrogen-bond acceptors (Lipinski definition) is 4. The van der Waals surface area contributed by atoms with Gasteiger partial charge in [-0.3, -0.25) is 4.79 Å². The third-order valence-corrected chi connectivity index (χ3v) is 3.66. The third kappa shape index (κ3) is 3.73. The van der Waals surface area contributed by atoms with Gasteiger partial charge < -0.3 is 10.4 Å². The number of amides is 1. The lowest BCUT2D eigenvalue weighted by Crippen LogP contribution is -2.36. The average Bonchev–Trinajstić information content (AvgIpc) is 2.45. The fourth-order valence-electron chi connectivity index (χ4n) is 2.63. The minimum Gasteiger partial charge on any atom is -0.396 e. The van der Waals surface area contributed by atoms with Crippen molar-refractivity contribution >= 4 is 5.91 Å². The molecule has 5 nitrogen and oxygen atoms in total. The number of aryl methyl sites for hydroxylation is 2. The summed E-state index contributed by atoms with van der Waals surface area (Å²) >= 11 is 0. The average molecular weight is 317 g/mol. The number of nitrogens with zero attached hydrogens (tertiary/aromatic N) is 2. The van der Waals surface area contributed by atoms with E-state index in [1.807, 2.05) is 0 Å². The molecular weight excluding hydrogens is 299 g/mol. The molecule has 22 heavy (non-hydrogen) atoms. The first kappa shape index (κ1) is 16.7. The molecule has 1 unspecified atom stereocenters. The van der Waals surface area contributed by atoms with E-state index in [0.29, 0.717) is 31.5 Å². The summed E-state index contributed by atoms with van der Waals surface area (Å²) in [6.07, 6.45) is -3.33. The van der Waals surface area contributed by atoms with Crippen LogP contribution in [0.3, 0.4) is 0 Å². The van der Waals surface area contributed by atoms with Crippen molar-refractivity contribution in [3.8, 4) is 0 Å². The number of halogens is 3. The number of carbonyl (C=O) groups is 1. The van der Waals surface area contributed by atoms with Crippen LogP contribution in [0.1, 0.15) is 35.6 Å². The number of fused-ring (bicyclic) bond motifs is 1. The maximum atomic E-state index is 13.1. The summed E-state index contributed by atoms with van der Waals surface area (Å²) in [7, 11) is 0. The van der Waals surface area contributed by atoms with E-state index in [1.165, 1.54) is 6.92 Å². The highest BCUT2D eigenvalue weighted by molar-refractivity contribution is 5.79. The SMILES string of the molecule is Cc1nc2c(c(C(F)(F)F)n1)CC(C(=O)NCCCO)CC2. The Bertz CT molecular complexity index is 561. The van der Waals surface area contributed by atoms with Crippen molar-refractivity contribution in [2.24, 2.45) is 5.92 Å². The Balaban J connectivity index is 2.20. The predicted molar refractivity (Wildman–Crippen MR) is 72.0 cm³/mol. The number of alkyl halides is 3. The molecular formula is C14H18F3N3O2. The van der Waals surface area contributed by atoms with E-state index in [2.05, 4.69) is 15.3 Å². The van der Waals surface area contributed by atoms with E-state index >= 15 is 0 Å². The molecule has 122 valence electrons. The molecule has 0 aromatic carbocycles. The first-order valence-corrected chi connectivity index (χ1v) is 7.15. The number of aliphatic hydroxyl groups is 1. The van der Waals surface area contributed by atoms with Crippen LogP contribution in [0.15, 0.2) is 0 Å². The molecule has 0 radical (unpaired) electrons. The third-order valence-electron chi connectivity index (χ3n) is 3.66. The van der Waals surface area contributed by atoms with Crippen molar-refractivity contribution in [3.63, 3.8) is 0 Å². The van der Waals surface area contributed by atoms with Crippen molar-refractivity contribution in [2.75, 3.05) is 13.2 Å². The van der Waals surface area contributed by atoms with Crippen LogP contribution < -0.4 is 5.32 Å². The molecule has 1 atom stereocenters. The molecule has 1 aromatic heterocycles. The van der Waals surface area contributed by atoms with Crippen molar-refractivity contribution in [1.29, 1.82) is 0 Å². The van der Waals surface area contributed by atoms with E-state index in [0.717, 1.165) is 0 Å². The van der Waals surface area contributed by atoms with Gasteiger partial charge in [-0.15, -0.1) is 0 Å². The Hall–Kier alpha value is -1.70. The zero-order valence-corrected chi connectivity index (χ0v) is 12.2. The van der Waals surface area contributed by atoms with Gasteiger partial charge in [0.05, 0.1) is 0 Å². The highest BCUT2D eigenvalue weighted by Gasteiger charge is 2.39. The van der Waals surface area contributed by atoms with Crippen LogP contribution in [0.25, 0.3) is 0 Å². The maximum absolute atomic E-state index is 13.1. The fourth-order valence-corrected chi connectivity index (χ4v) is 2.63. The van der Waals surface area contributed by atoms with Crippen molar-refractivity contribution < 1.29 is 23.1 Å². The van der Waals surface area contributed by atoms with E-state index < -0.39 is 17.8 Å². The lowest BCUT2D eigenvalue weighted by atomic mass is 9.85. The van der Waals surface area contributed by atoms with Crippen LogP contribution >= 0.6 is 0 Å². The molecule has 0 saturated heterocycles. The zero-order chi connectivity index (χ0) is 16.3. The second-order valence-electron chi connectivity index (χ2n) is 5.35. The fraction of sp³-hybridized carbons (Fsp3) is 0.643. The quantitative estimate of drug-likeness (QED) is 0.823. The van der Waals surface area contributed by atoms with Crippen molar-refractivity contribution in [3.05, 3.63) is 22.8 Å². The van der Waals surface area contributed by atoms with Gasteiger partial charge in [0, 0.05) is 30.3 Å². The molecule has 1 amide bonds. The second kappa shape index (κ2) is 6.60. The summed E-state index contributed by atoms with van der Waals surface area (Å²) in [5, 5.41) is 11.3. The van der Waals surface area contributed by atoms with Gasteiger partial charge in [-0.1, -0.05) is 0 Å². The summed E-state index contributed by atoms with van der Waals surface area (Å²) < 4.78 is 39.3. The summed E-state index contributed by atoms with van der Waals surface area (Å²) in [4.78, 5) is 19.6. The molecule has 0 saturated carbocycles. The molecule has 2 N–H and O–H groups in total. The monoisotopic (exact) mass is 317 g/mol. The van der Waals surface area contributed by atoms with Crippen LogP contribution in [0.4, 0.5) is 13.2 Å². The number of carbonyl (C=O) groups excluding carboxylic acids is 1. The topological polar surface area (TPSA) is 75.1 Å². The molecule has 0 aliphatic heterocycles. The maximum Gasteiger partial charge on any atom is 0.433 e. The molecule has 2 rings (SSSR count). The van der Waals surface area contributed by atoms with Gasteiger partial charge in [0.1, 0.15) is 5.82 Å². The lowest BCUT2D eigenvalue weighted by molar-refractivity contribution is -0.142. The van der Waals surface area contributed by atoms with Gasteiger partial charge >= 0.3 is 6.18 Å². The summed E-state index contributed by atoms with van der Waals surface area (Å²) in [5.41, 5.74) is -0.506. The van der Waals surface area contributed by atoms with Gasteiger partial charge in [-0.05, 0) is 32.6 Å². The molecule has 8 heteroatoms. The molecule has 0 bridgehead atoms. The van der Waals surface area contributed by atoms with Crippen LogP contribution in [0.5, 0.6) is 0 Å². The minimum absolute atomic E-state index is 0.00455. The van der Waals surface area contributed by atoms with E-state index in [-0.39, 0.29) is 30.3 Å². The largest absolute Gasteiger partial charge is 0.433 e. The van der Waals surface area contributed by atoms with E-state index in [4.69, 9.17) is 5.11 Å². The van der Waals surface area contributed by atoms with Crippen molar-refractivity contribution in [1.82, 2.24) is 15.3 Å². The van der Waals surface area contributed by atoms with Crippen molar-refractivity contribution in [2.45, 2.75) is 38.8 Å². The van der Waals surface area contributed by atoms with Gasteiger partial charge in [-0.25, -0.2) is 9.97 Å². The Morgan fingerprint density at radius 1 is 1.41 bits per heavy atom. The molecule has 1 heterocycles. The molecule has 1 aliphatic carbocycles. The van der Waals surface area contributed by atoms with E-state index in [1.54, 1.807) is 0 Å². The smallest absolute Gasteiger partial charge is 0.396 e. The zero-order valence-electron chi connectivity index (χ0n) is 12.2. The summed E-state index contributed by atoms with van der Waals surface area (Å²) in [5.74, 6) is -0.705.